The van der Waals surface area contributed by atoms with E-state index in [9.17, 15) is 4.79 Å². The lowest BCUT2D eigenvalue weighted by Crippen LogP contribution is -2.34. The van der Waals surface area contributed by atoms with E-state index in [1.807, 2.05) is 44.2 Å². The molecule has 118 valence electrons. The molecule has 2 N–H and O–H groups in total. The van der Waals surface area contributed by atoms with Gasteiger partial charge in [0.15, 0.2) is 0 Å². The van der Waals surface area contributed by atoms with Crippen LogP contribution in [0.25, 0.3) is 5.69 Å². The molecule has 2 rings (SSSR count). The van der Waals surface area contributed by atoms with Gasteiger partial charge in [0.1, 0.15) is 0 Å². The molecule has 0 atom stereocenters. The van der Waals surface area contributed by atoms with Crippen molar-refractivity contribution in [2.24, 2.45) is 0 Å². The number of urea groups is 1. The SMILES string of the molecule is Cc1ccc(-n2cc(NC(=O)NCCN(C)C)cn2)c(C)c1. The van der Waals surface area contributed by atoms with E-state index in [0.29, 0.717) is 12.2 Å². The molecule has 1 heterocycles. The highest BCUT2D eigenvalue weighted by Crippen LogP contribution is 2.17. The number of nitrogens with zero attached hydrogens (tertiary/aromatic N) is 3. The van der Waals surface area contributed by atoms with Gasteiger partial charge < -0.3 is 15.5 Å². The second-order valence-corrected chi connectivity index (χ2v) is 5.65. The first-order valence-corrected chi connectivity index (χ1v) is 7.27. The van der Waals surface area contributed by atoms with Gasteiger partial charge in [0.05, 0.1) is 23.8 Å². The number of hydrogen-bond donors (Lipinski definition) is 2. The van der Waals surface area contributed by atoms with Gasteiger partial charge in [-0.25, -0.2) is 9.48 Å². The molecule has 0 aliphatic carbocycles. The Bertz CT molecular complexity index is 648. The average Bonchev–Trinajstić information content (AvgIpc) is 2.86. The van der Waals surface area contributed by atoms with E-state index in [0.717, 1.165) is 17.8 Å². The molecule has 0 fully saturated rings. The topological polar surface area (TPSA) is 62.2 Å². The number of nitrogens with one attached hydrogen (secondary N) is 2. The van der Waals surface area contributed by atoms with Crippen LogP contribution in [0.3, 0.4) is 0 Å². The van der Waals surface area contributed by atoms with Crippen LogP contribution in [0.1, 0.15) is 11.1 Å². The lowest BCUT2D eigenvalue weighted by molar-refractivity contribution is 0.250. The summed E-state index contributed by atoms with van der Waals surface area (Å²) in [6.07, 6.45) is 3.45. The van der Waals surface area contributed by atoms with Gasteiger partial charge in [-0.1, -0.05) is 17.7 Å². The van der Waals surface area contributed by atoms with Crippen LogP contribution in [0.15, 0.2) is 30.6 Å². The fourth-order valence-electron chi connectivity index (χ4n) is 2.15. The smallest absolute Gasteiger partial charge is 0.319 e. The zero-order valence-electron chi connectivity index (χ0n) is 13.6. The molecule has 0 saturated heterocycles. The summed E-state index contributed by atoms with van der Waals surface area (Å²) in [5, 5.41) is 9.89. The van der Waals surface area contributed by atoms with Crippen molar-refractivity contribution in [3.05, 3.63) is 41.7 Å². The molecule has 0 spiro atoms. The van der Waals surface area contributed by atoms with Gasteiger partial charge >= 0.3 is 6.03 Å². The Morgan fingerprint density at radius 2 is 2.09 bits per heavy atom. The average molecular weight is 301 g/mol. The third-order valence-corrected chi connectivity index (χ3v) is 3.28. The van der Waals surface area contributed by atoms with Crippen molar-refractivity contribution in [1.82, 2.24) is 20.0 Å². The van der Waals surface area contributed by atoms with Crippen molar-refractivity contribution in [2.75, 3.05) is 32.5 Å². The predicted octanol–water partition coefficient (Wildman–Crippen LogP) is 2.17. The van der Waals surface area contributed by atoms with Crippen LogP contribution >= 0.6 is 0 Å². The summed E-state index contributed by atoms with van der Waals surface area (Å²) in [6, 6.07) is 5.96. The second kappa shape index (κ2) is 7.09. The van der Waals surface area contributed by atoms with E-state index < -0.39 is 0 Å². The summed E-state index contributed by atoms with van der Waals surface area (Å²) in [4.78, 5) is 13.8. The van der Waals surface area contributed by atoms with Crippen LogP contribution in [0, 0.1) is 13.8 Å². The number of likely N-dealkylation sites (N-methyl/N-ethyl adjacent to an activating group) is 1. The first kappa shape index (κ1) is 16.0. The number of benzene rings is 1. The number of aromatic nitrogens is 2. The molecule has 0 radical (unpaired) electrons. The Hall–Kier alpha value is -2.34. The Kier molecular flexibility index (Phi) is 5.16. The second-order valence-electron chi connectivity index (χ2n) is 5.65. The third-order valence-electron chi connectivity index (χ3n) is 3.28. The highest BCUT2D eigenvalue weighted by molar-refractivity contribution is 5.88. The quantitative estimate of drug-likeness (QED) is 0.889. The van der Waals surface area contributed by atoms with Crippen molar-refractivity contribution >= 4 is 11.7 Å². The first-order chi connectivity index (χ1) is 10.5. The van der Waals surface area contributed by atoms with Crippen molar-refractivity contribution in [3.63, 3.8) is 0 Å². The summed E-state index contributed by atoms with van der Waals surface area (Å²) in [5.41, 5.74) is 4.03. The molecule has 2 amide bonds. The minimum Gasteiger partial charge on any atom is -0.337 e. The zero-order valence-corrected chi connectivity index (χ0v) is 13.6. The van der Waals surface area contributed by atoms with Gasteiger partial charge in [0.25, 0.3) is 0 Å². The van der Waals surface area contributed by atoms with E-state index in [4.69, 9.17) is 0 Å². The summed E-state index contributed by atoms with van der Waals surface area (Å²) < 4.78 is 1.77. The molecule has 0 unspecified atom stereocenters. The first-order valence-electron chi connectivity index (χ1n) is 7.27. The molecule has 6 nitrogen and oxygen atoms in total. The van der Waals surface area contributed by atoms with E-state index in [2.05, 4.69) is 28.7 Å². The minimum absolute atomic E-state index is 0.220. The fourth-order valence-corrected chi connectivity index (χ4v) is 2.15. The lowest BCUT2D eigenvalue weighted by Gasteiger charge is -2.10. The highest BCUT2D eigenvalue weighted by Gasteiger charge is 2.06. The van der Waals surface area contributed by atoms with Crippen LogP contribution in [0.4, 0.5) is 10.5 Å². The minimum atomic E-state index is -0.220. The van der Waals surface area contributed by atoms with Crippen LogP contribution < -0.4 is 10.6 Å². The number of hydrogen-bond acceptors (Lipinski definition) is 3. The van der Waals surface area contributed by atoms with Crippen molar-refractivity contribution in [1.29, 1.82) is 0 Å². The van der Waals surface area contributed by atoms with E-state index in [-0.39, 0.29) is 6.03 Å². The summed E-state index contributed by atoms with van der Waals surface area (Å²) in [7, 11) is 3.93. The standard InChI is InChI=1S/C16H23N5O/c1-12-5-6-15(13(2)9-12)21-11-14(10-18-21)19-16(22)17-7-8-20(3)4/h5-6,9-11H,7-8H2,1-4H3,(H2,17,19,22). The van der Waals surface area contributed by atoms with Crippen LogP contribution in [0.2, 0.25) is 0 Å². The van der Waals surface area contributed by atoms with Crippen molar-refractivity contribution < 1.29 is 4.79 Å². The van der Waals surface area contributed by atoms with Gasteiger partial charge in [-0.15, -0.1) is 0 Å². The predicted molar refractivity (Wildman–Crippen MR) is 88.6 cm³/mol. The maximum atomic E-state index is 11.8. The fraction of sp³-hybridized carbons (Fsp3) is 0.375. The molecule has 22 heavy (non-hydrogen) atoms. The molecule has 2 aromatic rings. The number of rotatable bonds is 5. The molecule has 0 bridgehead atoms. The third kappa shape index (κ3) is 4.33. The molecule has 6 heteroatoms. The van der Waals surface area contributed by atoms with Gasteiger partial charge in [-0.2, -0.15) is 5.10 Å². The number of carbonyl (C=O) groups excluding carboxylic acids is 1. The Balaban J connectivity index is 1.98. The van der Waals surface area contributed by atoms with Gasteiger partial charge in [-0.05, 0) is 39.6 Å². The normalized spacial score (nSPS) is 10.8. The summed E-state index contributed by atoms with van der Waals surface area (Å²) in [5.74, 6) is 0. The Morgan fingerprint density at radius 3 is 2.77 bits per heavy atom. The molecule has 0 aliphatic rings. The van der Waals surface area contributed by atoms with Crippen molar-refractivity contribution in [3.8, 4) is 5.69 Å². The highest BCUT2D eigenvalue weighted by atomic mass is 16.2. The molecule has 1 aromatic carbocycles. The Morgan fingerprint density at radius 1 is 1.32 bits per heavy atom. The lowest BCUT2D eigenvalue weighted by atomic mass is 10.1. The number of aryl methyl sites for hydroxylation is 2. The summed E-state index contributed by atoms with van der Waals surface area (Å²) >= 11 is 0. The molecule has 0 saturated carbocycles. The monoisotopic (exact) mass is 301 g/mol. The number of amides is 2. The van der Waals surface area contributed by atoms with E-state index in [1.165, 1.54) is 5.56 Å². The maximum Gasteiger partial charge on any atom is 0.319 e. The maximum absolute atomic E-state index is 11.8. The molecule has 0 aliphatic heterocycles. The molecular formula is C16H23N5O. The Labute approximate surface area is 131 Å². The van der Waals surface area contributed by atoms with Gasteiger partial charge in [0, 0.05) is 13.1 Å². The van der Waals surface area contributed by atoms with Gasteiger partial charge in [-0.3, -0.25) is 0 Å². The van der Waals surface area contributed by atoms with Crippen LogP contribution in [-0.4, -0.2) is 47.9 Å². The summed E-state index contributed by atoms with van der Waals surface area (Å²) in [6.45, 7) is 5.51. The van der Waals surface area contributed by atoms with Gasteiger partial charge in [0.2, 0.25) is 0 Å². The van der Waals surface area contributed by atoms with Crippen molar-refractivity contribution in [2.45, 2.75) is 13.8 Å². The largest absolute Gasteiger partial charge is 0.337 e. The molecule has 1 aromatic heterocycles. The van der Waals surface area contributed by atoms with E-state index >= 15 is 0 Å². The van der Waals surface area contributed by atoms with E-state index in [1.54, 1.807) is 10.9 Å². The zero-order chi connectivity index (χ0) is 16.1. The van der Waals surface area contributed by atoms with Crippen LogP contribution in [0.5, 0.6) is 0 Å². The van der Waals surface area contributed by atoms with Crippen LogP contribution in [-0.2, 0) is 0 Å². The molecular weight excluding hydrogens is 278 g/mol. The number of anilines is 1. The number of carbonyl (C=O) groups is 1.